The van der Waals surface area contributed by atoms with Gasteiger partial charge in [-0.15, -0.1) is 0 Å². The minimum absolute atomic E-state index is 0.142. The zero-order valence-corrected chi connectivity index (χ0v) is 17.6. The molecule has 0 aromatic heterocycles. The Morgan fingerprint density at radius 3 is 2.25 bits per heavy atom. The molecular weight excluding hydrogens is 398 g/mol. The molecule has 28 heavy (non-hydrogen) atoms. The molecule has 3 rings (SSSR count). The van der Waals surface area contributed by atoms with Gasteiger partial charge >= 0.3 is 0 Å². The molecule has 1 fully saturated rings. The topological polar surface area (TPSA) is 69.7 Å². The number of nitrogens with one attached hydrogen (secondary N) is 1. The third-order valence-electron chi connectivity index (χ3n) is 4.80. The molecule has 1 amide bonds. The Labute approximate surface area is 171 Å². The summed E-state index contributed by atoms with van der Waals surface area (Å²) >= 11 is 6.43. The average Bonchev–Trinajstić information content (AvgIpc) is 2.68. The number of benzene rings is 2. The van der Waals surface area contributed by atoms with Crippen LogP contribution in [0, 0.1) is 0 Å². The number of amides is 1. The van der Waals surface area contributed by atoms with Crippen LogP contribution in [0.2, 0.25) is 5.02 Å². The fraction of sp³-hybridized carbons (Fsp3) is 0.350. The van der Waals surface area contributed by atoms with Crippen molar-refractivity contribution in [3.05, 3.63) is 53.1 Å². The smallest absolute Gasteiger partial charge is 0.255 e. The van der Waals surface area contributed by atoms with E-state index >= 15 is 0 Å². The van der Waals surface area contributed by atoms with Crippen LogP contribution in [0.1, 0.15) is 29.6 Å². The van der Waals surface area contributed by atoms with Crippen molar-refractivity contribution in [1.29, 1.82) is 0 Å². The Balaban J connectivity index is 1.71. The number of piperidine rings is 1. The van der Waals surface area contributed by atoms with E-state index in [0.29, 0.717) is 16.3 Å². The monoisotopic (exact) mass is 421 g/mol. The lowest BCUT2D eigenvalue weighted by molar-refractivity contribution is 0.102. The SMILES string of the molecule is CN(C)S(=O)(=O)c1ccc(C(=O)Nc2ccc(N3CCCCC3)c(Cl)c2)cc1. The van der Waals surface area contributed by atoms with E-state index in [1.165, 1.54) is 44.8 Å². The van der Waals surface area contributed by atoms with Gasteiger partial charge in [-0.1, -0.05) is 11.6 Å². The van der Waals surface area contributed by atoms with Crippen molar-refractivity contribution in [1.82, 2.24) is 4.31 Å². The highest BCUT2D eigenvalue weighted by atomic mass is 35.5. The van der Waals surface area contributed by atoms with Crippen LogP contribution in [0.15, 0.2) is 47.4 Å². The maximum absolute atomic E-state index is 12.5. The molecule has 0 unspecified atom stereocenters. The number of anilines is 2. The molecule has 1 saturated heterocycles. The predicted octanol–water partition coefficient (Wildman–Crippen LogP) is 3.83. The minimum Gasteiger partial charge on any atom is -0.370 e. The zero-order valence-electron chi connectivity index (χ0n) is 16.0. The summed E-state index contributed by atoms with van der Waals surface area (Å²) in [6.07, 6.45) is 3.57. The van der Waals surface area contributed by atoms with Gasteiger partial charge in [0.05, 0.1) is 15.6 Å². The number of hydrogen-bond acceptors (Lipinski definition) is 4. The highest BCUT2D eigenvalue weighted by Crippen LogP contribution is 2.31. The van der Waals surface area contributed by atoms with Gasteiger partial charge in [0.2, 0.25) is 10.0 Å². The van der Waals surface area contributed by atoms with E-state index in [-0.39, 0.29) is 10.8 Å². The molecule has 0 aliphatic carbocycles. The first-order valence-electron chi connectivity index (χ1n) is 9.17. The van der Waals surface area contributed by atoms with Gasteiger partial charge in [-0.2, -0.15) is 0 Å². The van der Waals surface area contributed by atoms with Crippen LogP contribution >= 0.6 is 11.6 Å². The number of hydrogen-bond donors (Lipinski definition) is 1. The molecule has 0 saturated carbocycles. The Kier molecular flexibility index (Phi) is 6.27. The highest BCUT2D eigenvalue weighted by molar-refractivity contribution is 7.89. The molecule has 0 atom stereocenters. The van der Waals surface area contributed by atoms with Gasteiger partial charge in [-0.3, -0.25) is 4.79 Å². The first-order chi connectivity index (χ1) is 13.3. The molecule has 6 nitrogen and oxygen atoms in total. The van der Waals surface area contributed by atoms with Gasteiger partial charge in [-0.05, 0) is 61.7 Å². The Morgan fingerprint density at radius 2 is 1.68 bits per heavy atom. The second-order valence-electron chi connectivity index (χ2n) is 6.98. The summed E-state index contributed by atoms with van der Waals surface area (Å²) in [5.74, 6) is -0.324. The quantitative estimate of drug-likeness (QED) is 0.796. The van der Waals surface area contributed by atoms with E-state index in [4.69, 9.17) is 11.6 Å². The first kappa shape index (κ1) is 20.6. The molecule has 8 heteroatoms. The minimum atomic E-state index is -3.52. The van der Waals surface area contributed by atoms with Crippen LogP contribution in [0.4, 0.5) is 11.4 Å². The summed E-state index contributed by atoms with van der Waals surface area (Å²) in [7, 11) is -0.589. The first-order valence-corrected chi connectivity index (χ1v) is 11.0. The Bertz CT molecular complexity index is 953. The number of sulfonamides is 1. The van der Waals surface area contributed by atoms with Crippen molar-refractivity contribution in [2.75, 3.05) is 37.4 Å². The van der Waals surface area contributed by atoms with Crippen molar-refractivity contribution < 1.29 is 13.2 Å². The highest BCUT2D eigenvalue weighted by Gasteiger charge is 2.18. The van der Waals surface area contributed by atoms with Gasteiger partial charge in [0.1, 0.15) is 0 Å². The summed E-state index contributed by atoms with van der Waals surface area (Å²) in [6.45, 7) is 1.99. The lowest BCUT2D eigenvalue weighted by atomic mass is 10.1. The largest absolute Gasteiger partial charge is 0.370 e. The summed E-state index contributed by atoms with van der Waals surface area (Å²) in [6, 6.07) is 11.3. The van der Waals surface area contributed by atoms with Crippen molar-refractivity contribution in [2.24, 2.45) is 0 Å². The Hall–Kier alpha value is -2.09. The van der Waals surface area contributed by atoms with Crippen LogP contribution in [-0.4, -0.2) is 45.8 Å². The molecule has 0 spiro atoms. The summed E-state index contributed by atoms with van der Waals surface area (Å²) < 4.78 is 25.4. The van der Waals surface area contributed by atoms with E-state index in [2.05, 4.69) is 10.2 Å². The number of nitrogens with zero attached hydrogens (tertiary/aromatic N) is 2. The number of carbonyl (C=O) groups excluding carboxylic acids is 1. The molecule has 1 aliphatic heterocycles. The average molecular weight is 422 g/mol. The lowest BCUT2D eigenvalue weighted by Crippen LogP contribution is -2.29. The molecule has 2 aromatic rings. The molecular formula is C20H24ClN3O3S. The number of halogens is 1. The third kappa shape index (κ3) is 4.48. The van der Waals surface area contributed by atoms with Gasteiger partial charge in [0.15, 0.2) is 0 Å². The van der Waals surface area contributed by atoms with E-state index in [1.54, 1.807) is 6.07 Å². The Morgan fingerprint density at radius 1 is 1.04 bits per heavy atom. The van der Waals surface area contributed by atoms with Gasteiger partial charge in [0, 0.05) is 38.4 Å². The second kappa shape index (κ2) is 8.51. The van der Waals surface area contributed by atoms with Crippen molar-refractivity contribution in [3.8, 4) is 0 Å². The van der Waals surface area contributed by atoms with Crippen molar-refractivity contribution in [3.63, 3.8) is 0 Å². The normalized spacial score (nSPS) is 14.9. The fourth-order valence-corrected chi connectivity index (χ4v) is 4.37. The van der Waals surface area contributed by atoms with Crippen LogP contribution in [-0.2, 0) is 10.0 Å². The molecule has 1 heterocycles. The van der Waals surface area contributed by atoms with Crippen LogP contribution in [0.25, 0.3) is 0 Å². The van der Waals surface area contributed by atoms with Gasteiger partial charge in [-0.25, -0.2) is 12.7 Å². The van der Waals surface area contributed by atoms with Crippen molar-refractivity contribution in [2.45, 2.75) is 24.2 Å². The summed E-state index contributed by atoms with van der Waals surface area (Å²) in [5.41, 5.74) is 1.95. The predicted molar refractivity (Wildman–Crippen MR) is 113 cm³/mol. The second-order valence-corrected chi connectivity index (χ2v) is 9.54. The molecule has 0 bridgehead atoms. The zero-order chi connectivity index (χ0) is 20.3. The van der Waals surface area contributed by atoms with Gasteiger partial charge < -0.3 is 10.2 Å². The summed E-state index contributed by atoms with van der Waals surface area (Å²) in [5, 5.41) is 3.41. The molecule has 2 aromatic carbocycles. The third-order valence-corrected chi connectivity index (χ3v) is 6.93. The lowest BCUT2D eigenvalue weighted by Gasteiger charge is -2.29. The number of carbonyl (C=O) groups is 1. The fourth-order valence-electron chi connectivity index (χ4n) is 3.17. The number of rotatable bonds is 5. The van der Waals surface area contributed by atoms with E-state index < -0.39 is 10.0 Å². The van der Waals surface area contributed by atoms with E-state index in [1.807, 2.05) is 12.1 Å². The molecule has 0 radical (unpaired) electrons. The molecule has 1 N–H and O–H groups in total. The maximum Gasteiger partial charge on any atom is 0.255 e. The maximum atomic E-state index is 12.5. The van der Waals surface area contributed by atoms with E-state index in [9.17, 15) is 13.2 Å². The molecule has 150 valence electrons. The van der Waals surface area contributed by atoms with Crippen molar-refractivity contribution >= 4 is 38.9 Å². The van der Waals surface area contributed by atoms with E-state index in [0.717, 1.165) is 35.9 Å². The van der Waals surface area contributed by atoms with Crippen LogP contribution in [0.3, 0.4) is 0 Å². The standard InChI is InChI=1S/C20H24ClN3O3S/c1-23(2)28(26,27)17-9-6-15(7-10-17)20(25)22-16-8-11-19(18(21)14-16)24-12-4-3-5-13-24/h6-11,14H,3-5,12-13H2,1-2H3,(H,22,25). The van der Waals surface area contributed by atoms with Crippen LogP contribution < -0.4 is 10.2 Å². The van der Waals surface area contributed by atoms with Gasteiger partial charge in [0.25, 0.3) is 5.91 Å². The van der Waals surface area contributed by atoms with Crippen LogP contribution in [0.5, 0.6) is 0 Å². The molecule has 1 aliphatic rings. The summed E-state index contributed by atoms with van der Waals surface area (Å²) in [4.78, 5) is 14.9.